The Labute approximate surface area is 97.1 Å². The van der Waals surface area contributed by atoms with Crippen molar-refractivity contribution in [1.29, 1.82) is 0 Å². The Hall–Kier alpha value is -1.93. The van der Waals surface area contributed by atoms with Gasteiger partial charge in [0.1, 0.15) is 0 Å². The number of nitro benzene ring substituents is 1. The van der Waals surface area contributed by atoms with Crippen molar-refractivity contribution in [3.05, 3.63) is 34.4 Å². The van der Waals surface area contributed by atoms with E-state index < -0.39 is 35.1 Å². The second-order valence-electron chi connectivity index (χ2n) is 3.22. The quantitative estimate of drug-likeness (QED) is 0.480. The second kappa shape index (κ2) is 4.75. The van der Waals surface area contributed by atoms with Gasteiger partial charge in [-0.25, -0.2) is 0 Å². The summed E-state index contributed by atoms with van der Waals surface area (Å²) in [5.74, 6) is -5.72. The van der Waals surface area contributed by atoms with Crippen LogP contribution in [0.2, 0.25) is 0 Å². The molecule has 0 heterocycles. The molecule has 0 aliphatic heterocycles. The number of ether oxygens (including phenoxy) is 1. The van der Waals surface area contributed by atoms with E-state index in [2.05, 4.69) is 4.74 Å². The third-order valence-corrected chi connectivity index (χ3v) is 1.89. The standard InChI is InChI=1S/C9H6F5NO3/c10-8(11,9(12,13)14)5-18-7-4-2-1-3-6(7)15(16)17/h1-4H,5H2. The average molecular weight is 271 g/mol. The number of hydrogen-bond acceptors (Lipinski definition) is 3. The number of benzene rings is 1. The van der Waals surface area contributed by atoms with Crippen LogP contribution < -0.4 is 4.74 Å². The van der Waals surface area contributed by atoms with Crippen LogP contribution in [0.4, 0.5) is 27.6 Å². The van der Waals surface area contributed by atoms with E-state index in [1.165, 1.54) is 12.1 Å². The van der Waals surface area contributed by atoms with Crippen molar-refractivity contribution in [2.75, 3.05) is 6.61 Å². The number of rotatable bonds is 4. The molecule has 0 bridgehead atoms. The molecular weight excluding hydrogens is 265 g/mol. The Bertz CT molecular complexity index is 446. The van der Waals surface area contributed by atoms with Crippen molar-refractivity contribution in [1.82, 2.24) is 0 Å². The lowest BCUT2D eigenvalue weighted by Gasteiger charge is -2.19. The summed E-state index contributed by atoms with van der Waals surface area (Å²) in [6.45, 7) is -2.01. The maximum atomic E-state index is 12.5. The molecule has 18 heavy (non-hydrogen) atoms. The molecule has 0 saturated heterocycles. The maximum absolute atomic E-state index is 12.5. The summed E-state index contributed by atoms with van der Waals surface area (Å²) in [7, 11) is 0. The highest BCUT2D eigenvalue weighted by Gasteiger charge is 2.58. The highest BCUT2D eigenvalue weighted by atomic mass is 19.4. The first-order valence-electron chi connectivity index (χ1n) is 4.46. The van der Waals surface area contributed by atoms with Crippen molar-refractivity contribution in [3.8, 4) is 5.75 Å². The molecule has 0 saturated carbocycles. The molecule has 1 rings (SSSR count). The number of alkyl halides is 5. The summed E-state index contributed by atoms with van der Waals surface area (Å²) in [6, 6.07) is 4.31. The Morgan fingerprint density at radius 1 is 1.17 bits per heavy atom. The minimum atomic E-state index is -5.77. The van der Waals surface area contributed by atoms with Gasteiger partial charge in [-0.3, -0.25) is 10.1 Å². The predicted molar refractivity (Wildman–Crippen MR) is 49.6 cm³/mol. The first kappa shape index (κ1) is 14.1. The van der Waals surface area contributed by atoms with Gasteiger partial charge in [0.2, 0.25) is 0 Å². The molecule has 0 unspecified atom stereocenters. The van der Waals surface area contributed by atoms with Crippen molar-refractivity contribution in [3.63, 3.8) is 0 Å². The van der Waals surface area contributed by atoms with Crippen LogP contribution in [0.15, 0.2) is 24.3 Å². The molecule has 4 nitrogen and oxygen atoms in total. The molecule has 0 radical (unpaired) electrons. The van der Waals surface area contributed by atoms with E-state index in [1.54, 1.807) is 0 Å². The van der Waals surface area contributed by atoms with Gasteiger partial charge in [-0.15, -0.1) is 0 Å². The molecule has 0 aliphatic rings. The maximum Gasteiger partial charge on any atom is 0.456 e. The topological polar surface area (TPSA) is 52.4 Å². The third-order valence-electron chi connectivity index (χ3n) is 1.89. The van der Waals surface area contributed by atoms with E-state index in [4.69, 9.17) is 0 Å². The van der Waals surface area contributed by atoms with E-state index in [9.17, 15) is 32.1 Å². The fourth-order valence-corrected chi connectivity index (χ4v) is 0.980. The van der Waals surface area contributed by atoms with E-state index in [0.29, 0.717) is 0 Å². The van der Waals surface area contributed by atoms with Crippen molar-refractivity contribution in [2.45, 2.75) is 12.1 Å². The Balaban J connectivity index is 2.85. The fraction of sp³-hybridized carbons (Fsp3) is 0.333. The summed E-state index contributed by atoms with van der Waals surface area (Å²) >= 11 is 0. The molecule has 1 aromatic rings. The normalized spacial score (nSPS) is 12.3. The van der Waals surface area contributed by atoms with Crippen LogP contribution in [0.5, 0.6) is 5.75 Å². The zero-order chi connectivity index (χ0) is 14.0. The van der Waals surface area contributed by atoms with Crippen LogP contribution in [0.25, 0.3) is 0 Å². The van der Waals surface area contributed by atoms with Gasteiger partial charge in [0.15, 0.2) is 12.4 Å². The molecule has 0 aromatic heterocycles. The van der Waals surface area contributed by atoms with Gasteiger partial charge >= 0.3 is 17.8 Å². The molecule has 0 aliphatic carbocycles. The number of para-hydroxylation sites is 2. The van der Waals surface area contributed by atoms with Crippen molar-refractivity contribution < 1.29 is 31.6 Å². The lowest BCUT2D eigenvalue weighted by Crippen LogP contribution is -2.41. The molecule has 100 valence electrons. The summed E-state index contributed by atoms with van der Waals surface area (Å²) in [4.78, 5) is 9.52. The predicted octanol–water partition coefficient (Wildman–Crippen LogP) is 3.17. The van der Waals surface area contributed by atoms with Crippen LogP contribution in [0, 0.1) is 10.1 Å². The third kappa shape index (κ3) is 3.05. The molecular formula is C9H6F5NO3. The Morgan fingerprint density at radius 3 is 2.22 bits per heavy atom. The van der Waals surface area contributed by atoms with Crippen LogP contribution >= 0.6 is 0 Å². The van der Waals surface area contributed by atoms with E-state index in [-0.39, 0.29) is 0 Å². The lowest BCUT2D eigenvalue weighted by molar-refractivity contribution is -0.386. The van der Waals surface area contributed by atoms with Gasteiger partial charge < -0.3 is 4.74 Å². The summed E-state index contributed by atoms with van der Waals surface area (Å²) in [6.07, 6.45) is -5.77. The van der Waals surface area contributed by atoms with E-state index in [0.717, 1.165) is 12.1 Å². The first-order chi connectivity index (χ1) is 8.15. The van der Waals surface area contributed by atoms with Gasteiger partial charge in [0.05, 0.1) is 4.92 Å². The van der Waals surface area contributed by atoms with Crippen LogP contribution in [0.3, 0.4) is 0 Å². The van der Waals surface area contributed by atoms with Gasteiger partial charge in [-0.2, -0.15) is 22.0 Å². The van der Waals surface area contributed by atoms with Gasteiger partial charge in [0.25, 0.3) is 0 Å². The minimum absolute atomic E-state index is 0.647. The summed E-state index contributed by atoms with van der Waals surface area (Å²) < 4.78 is 64.7. The largest absolute Gasteiger partial charge is 0.480 e. The van der Waals surface area contributed by atoms with Crippen LogP contribution in [-0.4, -0.2) is 23.6 Å². The zero-order valence-electron chi connectivity index (χ0n) is 8.58. The lowest BCUT2D eigenvalue weighted by atomic mass is 10.3. The smallest absolute Gasteiger partial charge is 0.456 e. The SMILES string of the molecule is O=[N+]([O-])c1ccccc1OCC(F)(F)C(F)(F)F. The van der Waals surface area contributed by atoms with Gasteiger partial charge in [0, 0.05) is 6.07 Å². The number of nitrogens with zero attached hydrogens (tertiary/aromatic N) is 1. The molecule has 9 heteroatoms. The number of nitro groups is 1. The Kier molecular flexibility index (Phi) is 3.73. The molecule has 0 spiro atoms. The monoisotopic (exact) mass is 271 g/mol. The van der Waals surface area contributed by atoms with Crippen molar-refractivity contribution >= 4 is 5.69 Å². The second-order valence-corrected chi connectivity index (χ2v) is 3.22. The molecule has 0 fully saturated rings. The minimum Gasteiger partial charge on any atom is -0.480 e. The number of hydrogen-bond donors (Lipinski definition) is 0. The zero-order valence-corrected chi connectivity index (χ0v) is 8.58. The molecule has 0 atom stereocenters. The van der Waals surface area contributed by atoms with E-state index in [1.807, 2.05) is 0 Å². The van der Waals surface area contributed by atoms with Gasteiger partial charge in [-0.1, -0.05) is 12.1 Å². The highest BCUT2D eigenvalue weighted by Crippen LogP contribution is 2.36. The number of halogens is 5. The Morgan fingerprint density at radius 2 is 1.72 bits per heavy atom. The fourth-order valence-electron chi connectivity index (χ4n) is 0.980. The van der Waals surface area contributed by atoms with Crippen LogP contribution in [0.1, 0.15) is 0 Å². The van der Waals surface area contributed by atoms with Crippen molar-refractivity contribution in [2.24, 2.45) is 0 Å². The van der Waals surface area contributed by atoms with E-state index >= 15 is 0 Å². The molecule has 0 N–H and O–H groups in total. The average Bonchev–Trinajstić information content (AvgIpc) is 2.25. The van der Waals surface area contributed by atoms with Crippen LogP contribution in [-0.2, 0) is 0 Å². The first-order valence-corrected chi connectivity index (χ1v) is 4.46. The highest BCUT2D eigenvalue weighted by molar-refractivity contribution is 5.45. The summed E-state index contributed by atoms with van der Waals surface area (Å²) in [5.41, 5.74) is -0.685. The summed E-state index contributed by atoms with van der Waals surface area (Å²) in [5, 5.41) is 10.5. The molecule has 1 aromatic carbocycles. The molecule has 0 amide bonds. The van der Waals surface area contributed by atoms with Gasteiger partial charge in [-0.05, 0) is 6.07 Å².